The van der Waals surface area contributed by atoms with Crippen molar-refractivity contribution in [3.63, 3.8) is 0 Å². The number of hydrogen-bond donors (Lipinski definition) is 0. The average molecular weight is 601 g/mol. The molecule has 4 heteroatoms. The smallest absolute Gasteiger partial charge is 0.160 e. The van der Waals surface area contributed by atoms with Gasteiger partial charge in [0.1, 0.15) is 0 Å². The Bertz CT molecular complexity index is 2480. The molecule has 9 rings (SSSR count). The standard InChI is InChI=1S/C43H28N4/c1-4-14-29(15-5-1)37-28-38(46-43(45-37)32-16-6-2-7-17-32)30-24-26-31(27-25-30)41-42-40(34-20-10-12-22-36(34)44-41)35-21-11-13-23-39(35)47(42)33-18-8-3-9-19-33/h1-28H. The first-order chi connectivity index (χ1) is 23.3. The molecular formula is C43H28N4. The molecule has 0 fully saturated rings. The van der Waals surface area contributed by atoms with E-state index in [1.165, 1.54) is 10.8 Å². The highest BCUT2D eigenvalue weighted by Gasteiger charge is 2.20. The van der Waals surface area contributed by atoms with Crippen molar-refractivity contribution >= 4 is 32.7 Å². The van der Waals surface area contributed by atoms with Crippen molar-refractivity contribution in [1.29, 1.82) is 0 Å². The van der Waals surface area contributed by atoms with E-state index in [4.69, 9.17) is 15.0 Å². The Balaban J connectivity index is 1.25. The number of para-hydroxylation sites is 3. The van der Waals surface area contributed by atoms with E-state index in [2.05, 4.69) is 138 Å². The molecule has 3 aromatic heterocycles. The highest BCUT2D eigenvalue weighted by Crippen LogP contribution is 2.41. The molecule has 9 aromatic rings. The Morgan fingerprint density at radius 3 is 1.64 bits per heavy atom. The Labute approximate surface area is 272 Å². The Morgan fingerprint density at radius 1 is 0.404 bits per heavy atom. The number of rotatable bonds is 5. The summed E-state index contributed by atoms with van der Waals surface area (Å²) in [5.41, 5.74) is 11.2. The summed E-state index contributed by atoms with van der Waals surface area (Å²) in [7, 11) is 0. The third kappa shape index (κ3) is 4.66. The monoisotopic (exact) mass is 600 g/mol. The van der Waals surface area contributed by atoms with E-state index >= 15 is 0 Å². The van der Waals surface area contributed by atoms with Gasteiger partial charge in [-0.15, -0.1) is 0 Å². The van der Waals surface area contributed by atoms with Gasteiger partial charge in [-0.2, -0.15) is 0 Å². The summed E-state index contributed by atoms with van der Waals surface area (Å²) in [6.45, 7) is 0. The van der Waals surface area contributed by atoms with Gasteiger partial charge in [0.2, 0.25) is 0 Å². The summed E-state index contributed by atoms with van der Waals surface area (Å²) in [5.74, 6) is 0.705. The minimum absolute atomic E-state index is 0.705. The van der Waals surface area contributed by atoms with E-state index in [-0.39, 0.29) is 0 Å². The molecule has 0 aliphatic rings. The third-order valence-electron chi connectivity index (χ3n) is 8.80. The zero-order valence-corrected chi connectivity index (χ0v) is 25.5. The summed E-state index contributed by atoms with van der Waals surface area (Å²) in [6.07, 6.45) is 0. The molecule has 4 nitrogen and oxygen atoms in total. The highest BCUT2D eigenvalue weighted by molar-refractivity contribution is 6.23. The molecule has 0 unspecified atom stereocenters. The van der Waals surface area contributed by atoms with Gasteiger partial charge in [-0.25, -0.2) is 15.0 Å². The number of fused-ring (bicyclic) bond motifs is 5. The molecule has 0 amide bonds. The zero-order valence-electron chi connectivity index (χ0n) is 25.5. The SMILES string of the molecule is c1ccc(-c2cc(-c3ccc(-c4nc5ccccc5c5c6ccccc6n(-c6ccccc6)c45)cc3)nc(-c3ccccc3)n2)cc1. The normalized spacial score (nSPS) is 11.4. The van der Waals surface area contributed by atoms with Gasteiger partial charge in [-0.3, -0.25) is 0 Å². The van der Waals surface area contributed by atoms with Crippen molar-refractivity contribution in [3.8, 4) is 50.8 Å². The second-order valence-electron chi connectivity index (χ2n) is 11.7. The van der Waals surface area contributed by atoms with E-state index in [1.807, 2.05) is 36.4 Å². The molecule has 3 heterocycles. The lowest BCUT2D eigenvalue weighted by Gasteiger charge is -2.13. The van der Waals surface area contributed by atoms with Gasteiger partial charge in [0.15, 0.2) is 5.82 Å². The Morgan fingerprint density at radius 2 is 0.936 bits per heavy atom. The van der Waals surface area contributed by atoms with Crippen LogP contribution in [0, 0.1) is 0 Å². The van der Waals surface area contributed by atoms with Crippen LogP contribution in [0.3, 0.4) is 0 Å². The minimum atomic E-state index is 0.705. The van der Waals surface area contributed by atoms with Crippen LogP contribution in [0.15, 0.2) is 170 Å². The molecule has 0 bridgehead atoms. The van der Waals surface area contributed by atoms with Crippen molar-refractivity contribution in [1.82, 2.24) is 19.5 Å². The second kappa shape index (κ2) is 11.2. The first-order valence-corrected chi connectivity index (χ1v) is 15.8. The van der Waals surface area contributed by atoms with Gasteiger partial charge in [-0.1, -0.05) is 140 Å². The molecule has 0 radical (unpaired) electrons. The topological polar surface area (TPSA) is 43.6 Å². The van der Waals surface area contributed by atoms with Crippen molar-refractivity contribution in [2.24, 2.45) is 0 Å². The summed E-state index contributed by atoms with van der Waals surface area (Å²) in [4.78, 5) is 15.3. The van der Waals surface area contributed by atoms with Gasteiger partial charge in [-0.05, 0) is 30.3 Å². The Kier molecular flexibility index (Phi) is 6.43. The van der Waals surface area contributed by atoms with E-state index in [9.17, 15) is 0 Å². The first-order valence-electron chi connectivity index (χ1n) is 15.8. The number of hydrogen-bond acceptors (Lipinski definition) is 3. The van der Waals surface area contributed by atoms with Crippen molar-refractivity contribution < 1.29 is 0 Å². The molecule has 0 saturated heterocycles. The zero-order chi connectivity index (χ0) is 31.2. The Hall–Kier alpha value is -6.39. The first kappa shape index (κ1) is 27.0. The van der Waals surface area contributed by atoms with Crippen LogP contribution in [0.4, 0.5) is 0 Å². The molecular weight excluding hydrogens is 573 g/mol. The molecule has 0 spiro atoms. The molecule has 0 saturated carbocycles. The quantitative estimate of drug-likeness (QED) is 0.197. The lowest BCUT2D eigenvalue weighted by atomic mass is 10.0. The van der Waals surface area contributed by atoms with Crippen LogP contribution >= 0.6 is 0 Å². The van der Waals surface area contributed by atoms with Crippen LogP contribution in [-0.4, -0.2) is 19.5 Å². The van der Waals surface area contributed by atoms with E-state index in [0.29, 0.717) is 5.82 Å². The maximum Gasteiger partial charge on any atom is 0.160 e. The van der Waals surface area contributed by atoms with Crippen LogP contribution in [0.1, 0.15) is 0 Å². The molecule has 0 N–H and O–H groups in total. The van der Waals surface area contributed by atoms with Crippen molar-refractivity contribution in [3.05, 3.63) is 170 Å². The van der Waals surface area contributed by atoms with Crippen LogP contribution in [-0.2, 0) is 0 Å². The maximum absolute atomic E-state index is 5.32. The van der Waals surface area contributed by atoms with Crippen molar-refractivity contribution in [2.75, 3.05) is 0 Å². The van der Waals surface area contributed by atoms with Crippen LogP contribution in [0.25, 0.3) is 83.6 Å². The van der Waals surface area contributed by atoms with Gasteiger partial charge in [0.25, 0.3) is 0 Å². The maximum atomic E-state index is 5.32. The van der Waals surface area contributed by atoms with Crippen LogP contribution in [0.5, 0.6) is 0 Å². The van der Waals surface area contributed by atoms with E-state index in [1.54, 1.807) is 0 Å². The summed E-state index contributed by atoms with van der Waals surface area (Å²) >= 11 is 0. The average Bonchev–Trinajstić information content (AvgIpc) is 3.51. The third-order valence-corrected chi connectivity index (χ3v) is 8.80. The van der Waals surface area contributed by atoms with Gasteiger partial charge < -0.3 is 4.57 Å². The van der Waals surface area contributed by atoms with Gasteiger partial charge in [0.05, 0.1) is 33.6 Å². The predicted molar refractivity (Wildman–Crippen MR) is 193 cm³/mol. The predicted octanol–water partition coefficient (Wildman–Crippen LogP) is 10.8. The fourth-order valence-electron chi connectivity index (χ4n) is 6.61. The summed E-state index contributed by atoms with van der Waals surface area (Å²) < 4.78 is 2.36. The molecule has 0 aliphatic carbocycles. The van der Waals surface area contributed by atoms with E-state index < -0.39 is 0 Å². The van der Waals surface area contributed by atoms with Gasteiger partial charge in [0, 0.05) is 44.1 Å². The second-order valence-corrected chi connectivity index (χ2v) is 11.7. The molecule has 47 heavy (non-hydrogen) atoms. The number of benzene rings is 6. The fourth-order valence-corrected chi connectivity index (χ4v) is 6.61. The largest absolute Gasteiger partial charge is 0.307 e. The lowest BCUT2D eigenvalue weighted by Crippen LogP contribution is -1.98. The molecule has 0 aliphatic heterocycles. The number of aromatic nitrogens is 4. The summed E-state index contributed by atoms with van der Waals surface area (Å²) in [5, 5.41) is 3.58. The summed E-state index contributed by atoms with van der Waals surface area (Å²) in [6, 6.07) is 58.9. The lowest BCUT2D eigenvalue weighted by molar-refractivity contribution is 1.17. The van der Waals surface area contributed by atoms with Gasteiger partial charge >= 0.3 is 0 Å². The molecule has 0 atom stereocenters. The van der Waals surface area contributed by atoms with E-state index in [0.717, 1.165) is 67.0 Å². The number of nitrogens with zero attached hydrogens (tertiary/aromatic N) is 4. The van der Waals surface area contributed by atoms with Crippen LogP contribution in [0.2, 0.25) is 0 Å². The van der Waals surface area contributed by atoms with Crippen molar-refractivity contribution in [2.45, 2.75) is 0 Å². The molecule has 220 valence electrons. The molecule has 6 aromatic carbocycles. The number of pyridine rings is 1. The van der Waals surface area contributed by atoms with Crippen LogP contribution < -0.4 is 0 Å². The minimum Gasteiger partial charge on any atom is -0.307 e. The highest BCUT2D eigenvalue weighted by atomic mass is 15.0. The fraction of sp³-hybridized carbons (Fsp3) is 0.